The zero-order valence-corrected chi connectivity index (χ0v) is 23.7. The van der Waals surface area contributed by atoms with Crippen LogP contribution in [0, 0.1) is 5.82 Å². The molecule has 3 aromatic rings. The minimum atomic E-state index is -4.06. The third kappa shape index (κ3) is 8.44. The third-order valence-electron chi connectivity index (χ3n) is 6.07. The summed E-state index contributed by atoms with van der Waals surface area (Å²) in [6.07, 6.45) is 2.21. The van der Waals surface area contributed by atoms with Crippen molar-refractivity contribution in [3.8, 4) is 0 Å². The molecule has 0 bridgehead atoms. The minimum absolute atomic E-state index is 0.00420. The van der Waals surface area contributed by atoms with Crippen molar-refractivity contribution < 1.29 is 30.8 Å². The van der Waals surface area contributed by atoms with Crippen LogP contribution in [0.5, 0.6) is 0 Å². The van der Waals surface area contributed by atoms with E-state index in [0.29, 0.717) is 24.2 Å². The molecular formula is C26H29FN6O6S2. The number of aromatic nitrogens is 2. The maximum Gasteiger partial charge on any atom is 0.264 e. The summed E-state index contributed by atoms with van der Waals surface area (Å²) in [5.74, 6) is -2.03. The summed E-state index contributed by atoms with van der Waals surface area (Å²) in [5.41, 5.74) is 1.55. The van der Waals surface area contributed by atoms with E-state index in [-0.39, 0.29) is 53.0 Å². The number of carbonyl (C=O) groups excluding carboxylic acids is 2. The van der Waals surface area contributed by atoms with Gasteiger partial charge in [-0.15, -0.1) is 0 Å². The number of hydrogen-bond acceptors (Lipinski definition) is 10. The maximum absolute atomic E-state index is 14.4. The predicted octanol–water partition coefficient (Wildman–Crippen LogP) is 2.90. The second-order valence-corrected chi connectivity index (χ2v) is 13.4. The number of halogens is 1. The Bertz CT molecular complexity index is 1650. The summed E-state index contributed by atoms with van der Waals surface area (Å²) in [5, 5.41) is 8.06. The number of sulfonamides is 1. The van der Waals surface area contributed by atoms with Gasteiger partial charge < -0.3 is 16.0 Å². The molecule has 1 aromatic heterocycles. The van der Waals surface area contributed by atoms with Gasteiger partial charge in [0.25, 0.3) is 10.0 Å². The molecule has 1 saturated carbocycles. The van der Waals surface area contributed by atoms with Gasteiger partial charge in [-0.25, -0.2) is 30.9 Å². The highest BCUT2D eigenvalue weighted by atomic mass is 32.2. The number of anilines is 4. The van der Waals surface area contributed by atoms with Gasteiger partial charge in [-0.2, -0.15) is 4.98 Å². The lowest BCUT2D eigenvalue weighted by molar-refractivity contribution is -0.121. The van der Waals surface area contributed by atoms with E-state index in [1.54, 1.807) is 30.3 Å². The Labute approximate surface area is 237 Å². The Morgan fingerprint density at radius 2 is 1.71 bits per heavy atom. The van der Waals surface area contributed by atoms with E-state index in [1.807, 2.05) is 4.72 Å². The minimum Gasteiger partial charge on any atom is -0.352 e. The van der Waals surface area contributed by atoms with Gasteiger partial charge in [0, 0.05) is 30.8 Å². The molecule has 1 fully saturated rings. The van der Waals surface area contributed by atoms with Crippen molar-refractivity contribution in [1.29, 1.82) is 0 Å². The third-order valence-corrected chi connectivity index (χ3v) is 9.70. The predicted molar refractivity (Wildman–Crippen MR) is 150 cm³/mol. The molecule has 0 atom stereocenters. The van der Waals surface area contributed by atoms with Gasteiger partial charge in [0.05, 0.1) is 22.1 Å². The first kappa shape index (κ1) is 29.9. The number of sulfone groups is 1. The highest BCUT2D eigenvalue weighted by Gasteiger charge is 2.35. The monoisotopic (exact) mass is 604 g/mol. The zero-order valence-electron chi connectivity index (χ0n) is 22.1. The lowest BCUT2D eigenvalue weighted by Crippen LogP contribution is -2.29. The number of amides is 2. The van der Waals surface area contributed by atoms with Crippen molar-refractivity contribution in [2.45, 2.75) is 49.3 Å². The van der Waals surface area contributed by atoms with Crippen molar-refractivity contribution in [2.24, 2.45) is 0 Å². The molecule has 12 nitrogen and oxygen atoms in total. The Kier molecular flexibility index (Phi) is 9.18. The van der Waals surface area contributed by atoms with Crippen LogP contribution in [0.1, 0.15) is 38.2 Å². The molecule has 4 N–H and O–H groups in total. The molecule has 0 unspecified atom stereocenters. The van der Waals surface area contributed by atoms with Crippen LogP contribution < -0.4 is 20.7 Å². The maximum atomic E-state index is 14.4. The fraction of sp³-hybridized carbons (Fsp3) is 0.308. The Morgan fingerprint density at radius 3 is 2.39 bits per heavy atom. The normalized spacial score (nSPS) is 13.3. The summed E-state index contributed by atoms with van der Waals surface area (Å²) >= 11 is 0. The second kappa shape index (κ2) is 12.6. The van der Waals surface area contributed by atoms with E-state index in [1.165, 1.54) is 25.1 Å². The quantitative estimate of drug-likeness (QED) is 0.227. The number of rotatable bonds is 13. The van der Waals surface area contributed by atoms with Gasteiger partial charge in [0.2, 0.25) is 17.8 Å². The number of nitrogens with one attached hydrogen (secondary N) is 4. The highest BCUT2D eigenvalue weighted by Crippen LogP contribution is 2.29. The average Bonchev–Trinajstić information content (AvgIpc) is 3.80. The van der Waals surface area contributed by atoms with Crippen molar-refractivity contribution in [1.82, 2.24) is 20.0 Å². The topological polar surface area (TPSA) is 176 Å². The molecular weight excluding hydrogens is 575 g/mol. The van der Waals surface area contributed by atoms with E-state index in [2.05, 4.69) is 25.9 Å². The van der Waals surface area contributed by atoms with E-state index in [4.69, 9.17) is 0 Å². The first-order valence-corrected chi connectivity index (χ1v) is 15.9. The van der Waals surface area contributed by atoms with Crippen LogP contribution in [0.15, 0.2) is 59.6 Å². The lowest BCUT2D eigenvalue weighted by atomic mass is 10.2. The molecule has 218 valence electrons. The second-order valence-electron chi connectivity index (χ2n) is 9.34. The van der Waals surface area contributed by atoms with Crippen LogP contribution >= 0.6 is 0 Å². The smallest absolute Gasteiger partial charge is 0.264 e. The highest BCUT2D eigenvalue weighted by molar-refractivity contribution is 7.92. The lowest BCUT2D eigenvalue weighted by Gasteiger charge is -2.11. The first-order valence-electron chi connectivity index (χ1n) is 12.7. The molecule has 1 heterocycles. The molecule has 0 saturated heterocycles. The molecule has 0 aliphatic heterocycles. The van der Waals surface area contributed by atoms with Crippen LogP contribution in [-0.4, -0.2) is 49.6 Å². The van der Waals surface area contributed by atoms with E-state index in [0.717, 1.165) is 11.8 Å². The fourth-order valence-corrected chi connectivity index (χ4v) is 6.39. The van der Waals surface area contributed by atoms with Crippen LogP contribution in [0.3, 0.4) is 0 Å². The fourth-order valence-electron chi connectivity index (χ4n) is 3.63. The number of benzene rings is 2. The molecule has 1 aliphatic carbocycles. The van der Waals surface area contributed by atoms with E-state index >= 15 is 0 Å². The Balaban J connectivity index is 1.35. The van der Waals surface area contributed by atoms with E-state index < -0.39 is 31.6 Å². The van der Waals surface area contributed by atoms with Gasteiger partial charge >= 0.3 is 0 Å². The number of hydrogen-bond donors (Lipinski definition) is 4. The summed E-state index contributed by atoms with van der Waals surface area (Å²) < 4.78 is 65.1. The van der Waals surface area contributed by atoms with Crippen LogP contribution in [0.4, 0.5) is 27.5 Å². The molecule has 2 amide bonds. The van der Waals surface area contributed by atoms with Gasteiger partial charge in [0.15, 0.2) is 21.5 Å². The molecule has 0 spiro atoms. The molecule has 15 heteroatoms. The van der Waals surface area contributed by atoms with Crippen LogP contribution in [0.2, 0.25) is 0 Å². The van der Waals surface area contributed by atoms with Crippen molar-refractivity contribution in [3.05, 3.63) is 66.1 Å². The first-order chi connectivity index (χ1) is 19.4. The summed E-state index contributed by atoms with van der Waals surface area (Å²) in [6.45, 7) is 1.74. The van der Waals surface area contributed by atoms with Gasteiger partial charge in [0.1, 0.15) is 0 Å². The van der Waals surface area contributed by atoms with Crippen molar-refractivity contribution in [2.75, 3.05) is 16.4 Å². The standard InChI is InChI=1S/C26H29FN6O6S2/c1-2-23(34)33-41(38,39)21-5-3-4-19(14-21)31-26-29-16-22(27)25(32-26)30-18-8-6-17(7-9-18)15-28-24(35)12-13-40(36,37)20-10-11-20/h3-9,14,16,20H,2,10-13,15H2,1H3,(H,28,35)(H,33,34)(H2,29,30,31,32). The van der Waals surface area contributed by atoms with E-state index in [9.17, 15) is 30.8 Å². The van der Waals surface area contributed by atoms with Gasteiger partial charge in [-0.1, -0.05) is 25.1 Å². The zero-order chi connectivity index (χ0) is 29.6. The molecule has 4 rings (SSSR count). The van der Waals surface area contributed by atoms with Crippen molar-refractivity contribution in [3.63, 3.8) is 0 Å². The van der Waals surface area contributed by atoms with Crippen molar-refractivity contribution >= 4 is 54.8 Å². The van der Waals surface area contributed by atoms with Crippen LogP contribution in [-0.2, 0) is 36.0 Å². The van der Waals surface area contributed by atoms with Crippen LogP contribution in [0.25, 0.3) is 0 Å². The number of nitrogens with zero attached hydrogens (tertiary/aromatic N) is 2. The molecule has 2 aromatic carbocycles. The summed E-state index contributed by atoms with van der Waals surface area (Å²) in [7, 11) is -7.26. The summed E-state index contributed by atoms with van der Waals surface area (Å²) in [6, 6.07) is 12.4. The van der Waals surface area contributed by atoms with Gasteiger partial charge in [-0.3, -0.25) is 9.59 Å². The Hall–Kier alpha value is -4.11. The van der Waals surface area contributed by atoms with Gasteiger partial charge in [-0.05, 0) is 48.7 Å². The molecule has 0 radical (unpaired) electrons. The largest absolute Gasteiger partial charge is 0.352 e. The number of carbonyl (C=O) groups is 2. The SMILES string of the molecule is CCC(=O)NS(=O)(=O)c1cccc(Nc2ncc(F)c(Nc3ccc(CNC(=O)CCS(=O)(=O)C4CC4)cc3)n2)c1. The molecule has 41 heavy (non-hydrogen) atoms. The Morgan fingerprint density at radius 1 is 0.976 bits per heavy atom. The average molecular weight is 605 g/mol. The summed E-state index contributed by atoms with van der Waals surface area (Å²) in [4.78, 5) is 31.5. The molecule has 1 aliphatic rings.